The Hall–Kier alpha value is -1.02. The maximum absolute atomic E-state index is 3.50. The first-order valence-corrected chi connectivity index (χ1v) is 5.75. The van der Waals surface area contributed by atoms with E-state index in [0.29, 0.717) is 12.1 Å². The van der Waals surface area contributed by atoms with Gasteiger partial charge in [0.1, 0.15) is 0 Å². The maximum atomic E-state index is 3.50. The van der Waals surface area contributed by atoms with Crippen LogP contribution in [0, 0.1) is 6.92 Å². The predicted octanol–water partition coefficient (Wildman–Crippen LogP) is 2.18. The van der Waals surface area contributed by atoms with Crippen molar-refractivity contribution < 1.29 is 0 Å². The van der Waals surface area contributed by atoms with Crippen LogP contribution < -0.4 is 10.2 Å². The van der Waals surface area contributed by atoms with Gasteiger partial charge < -0.3 is 10.2 Å². The summed E-state index contributed by atoms with van der Waals surface area (Å²) in [4.78, 5) is 2.49. The van der Waals surface area contributed by atoms with E-state index >= 15 is 0 Å². The van der Waals surface area contributed by atoms with Crippen molar-refractivity contribution in [3.05, 3.63) is 29.8 Å². The lowest BCUT2D eigenvalue weighted by Crippen LogP contribution is -2.55. The van der Waals surface area contributed by atoms with E-state index in [1.54, 1.807) is 0 Å². The van der Waals surface area contributed by atoms with Crippen molar-refractivity contribution >= 4 is 5.69 Å². The van der Waals surface area contributed by atoms with Gasteiger partial charge >= 0.3 is 0 Å². The first-order valence-electron chi connectivity index (χ1n) is 5.75. The summed E-state index contributed by atoms with van der Waals surface area (Å²) in [5.41, 5.74) is 2.68. The van der Waals surface area contributed by atoms with Crippen LogP contribution in [-0.2, 0) is 0 Å². The number of benzene rings is 1. The molecule has 1 fully saturated rings. The smallest absolute Gasteiger partial charge is 0.0412 e. The highest BCUT2D eigenvalue weighted by atomic mass is 15.2. The SMILES string of the molecule is Cc1ccc(N2CCNC(C)C2C)cc1. The van der Waals surface area contributed by atoms with Gasteiger partial charge in [0, 0.05) is 30.9 Å². The van der Waals surface area contributed by atoms with E-state index in [-0.39, 0.29) is 0 Å². The maximum Gasteiger partial charge on any atom is 0.0412 e. The molecule has 0 aromatic heterocycles. The molecule has 2 unspecified atom stereocenters. The van der Waals surface area contributed by atoms with Gasteiger partial charge in [0.05, 0.1) is 0 Å². The van der Waals surface area contributed by atoms with Crippen molar-refractivity contribution in [3.8, 4) is 0 Å². The van der Waals surface area contributed by atoms with Crippen LogP contribution in [0.2, 0.25) is 0 Å². The van der Waals surface area contributed by atoms with Crippen LogP contribution in [0.25, 0.3) is 0 Å². The van der Waals surface area contributed by atoms with Crippen LogP contribution in [0.15, 0.2) is 24.3 Å². The van der Waals surface area contributed by atoms with Crippen molar-refractivity contribution in [2.75, 3.05) is 18.0 Å². The normalized spacial score (nSPS) is 26.7. The monoisotopic (exact) mass is 204 g/mol. The van der Waals surface area contributed by atoms with E-state index < -0.39 is 0 Å². The Morgan fingerprint density at radius 2 is 1.87 bits per heavy atom. The molecule has 0 radical (unpaired) electrons. The third kappa shape index (κ3) is 2.15. The number of anilines is 1. The fraction of sp³-hybridized carbons (Fsp3) is 0.538. The van der Waals surface area contributed by atoms with Crippen LogP contribution in [0.1, 0.15) is 19.4 Å². The summed E-state index contributed by atoms with van der Waals surface area (Å²) in [6, 6.07) is 9.97. The molecule has 2 nitrogen and oxygen atoms in total. The molecule has 0 spiro atoms. The second-order valence-electron chi connectivity index (χ2n) is 4.51. The standard InChI is InChI=1S/C13H20N2/c1-10-4-6-13(7-5-10)15-9-8-14-11(2)12(15)3/h4-7,11-12,14H,8-9H2,1-3H3. The number of rotatable bonds is 1. The Kier molecular flexibility index (Phi) is 2.96. The summed E-state index contributed by atoms with van der Waals surface area (Å²) in [5, 5.41) is 3.50. The third-order valence-corrected chi connectivity index (χ3v) is 3.40. The number of hydrogen-bond donors (Lipinski definition) is 1. The number of piperazine rings is 1. The van der Waals surface area contributed by atoms with E-state index in [9.17, 15) is 0 Å². The number of hydrogen-bond acceptors (Lipinski definition) is 2. The molecule has 2 heteroatoms. The van der Waals surface area contributed by atoms with Crippen LogP contribution in [0.4, 0.5) is 5.69 Å². The molecule has 1 saturated heterocycles. The molecular weight excluding hydrogens is 184 g/mol. The molecule has 1 aliphatic rings. The zero-order valence-corrected chi connectivity index (χ0v) is 9.83. The van der Waals surface area contributed by atoms with Gasteiger partial charge in [-0.25, -0.2) is 0 Å². The Bertz CT molecular complexity index is 318. The second-order valence-corrected chi connectivity index (χ2v) is 4.51. The zero-order chi connectivity index (χ0) is 10.8. The van der Waals surface area contributed by atoms with E-state index in [1.165, 1.54) is 11.3 Å². The molecule has 1 heterocycles. The molecule has 1 aromatic rings. The minimum atomic E-state index is 0.569. The molecule has 15 heavy (non-hydrogen) atoms. The van der Waals surface area contributed by atoms with Crippen molar-refractivity contribution in [1.29, 1.82) is 0 Å². The molecule has 0 saturated carbocycles. The zero-order valence-electron chi connectivity index (χ0n) is 9.83. The first-order chi connectivity index (χ1) is 7.18. The van der Waals surface area contributed by atoms with E-state index in [0.717, 1.165) is 13.1 Å². The second kappa shape index (κ2) is 4.23. The summed E-state index contributed by atoms with van der Waals surface area (Å²) < 4.78 is 0. The Balaban J connectivity index is 2.18. The highest BCUT2D eigenvalue weighted by Crippen LogP contribution is 2.20. The van der Waals surface area contributed by atoms with Crippen molar-refractivity contribution in [3.63, 3.8) is 0 Å². The van der Waals surface area contributed by atoms with Gasteiger partial charge in [-0.1, -0.05) is 17.7 Å². The van der Waals surface area contributed by atoms with Crippen LogP contribution in [-0.4, -0.2) is 25.2 Å². The average molecular weight is 204 g/mol. The van der Waals surface area contributed by atoms with Gasteiger partial charge in [0.15, 0.2) is 0 Å². The van der Waals surface area contributed by atoms with E-state index in [2.05, 4.69) is 55.3 Å². The fourth-order valence-corrected chi connectivity index (χ4v) is 2.16. The minimum absolute atomic E-state index is 0.569. The molecular formula is C13H20N2. The van der Waals surface area contributed by atoms with E-state index in [1.807, 2.05) is 0 Å². The van der Waals surface area contributed by atoms with Gasteiger partial charge in [-0.3, -0.25) is 0 Å². The Morgan fingerprint density at radius 3 is 2.53 bits per heavy atom. The van der Waals surface area contributed by atoms with Crippen molar-refractivity contribution in [1.82, 2.24) is 5.32 Å². The number of nitrogens with zero attached hydrogens (tertiary/aromatic N) is 1. The molecule has 0 bridgehead atoms. The lowest BCUT2D eigenvalue weighted by atomic mass is 10.1. The quantitative estimate of drug-likeness (QED) is 0.754. The van der Waals surface area contributed by atoms with E-state index in [4.69, 9.17) is 0 Å². The molecule has 0 amide bonds. The molecule has 1 aliphatic heterocycles. The van der Waals surface area contributed by atoms with Gasteiger partial charge in [0.25, 0.3) is 0 Å². The fourth-order valence-electron chi connectivity index (χ4n) is 2.16. The molecule has 82 valence electrons. The lowest BCUT2D eigenvalue weighted by Gasteiger charge is -2.40. The Labute approximate surface area is 92.3 Å². The molecule has 2 atom stereocenters. The van der Waals surface area contributed by atoms with Gasteiger partial charge in [0.2, 0.25) is 0 Å². The largest absolute Gasteiger partial charge is 0.366 e. The average Bonchev–Trinajstić information content (AvgIpc) is 2.24. The summed E-state index contributed by atoms with van der Waals surface area (Å²) in [5.74, 6) is 0. The van der Waals surface area contributed by atoms with Crippen LogP contribution in [0.5, 0.6) is 0 Å². The molecule has 2 rings (SSSR count). The van der Waals surface area contributed by atoms with Crippen LogP contribution >= 0.6 is 0 Å². The molecule has 0 aliphatic carbocycles. The first kappa shape index (κ1) is 10.5. The summed E-state index contributed by atoms with van der Waals surface area (Å²) in [7, 11) is 0. The number of aryl methyl sites for hydroxylation is 1. The predicted molar refractivity (Wildman–Crippen MR) is 65.5 cm³/mol. The number of nitrogens with one attached hydrogen (secondary N) is 1. The van der Waals surface area contributed by atoms with Gasteiger partial charge in [-0.2, -0.15) is 0 Å². The summed E-state index contributed by atoms with van der Waals surface area (Å²) in [6.07, 6.45) is 0. The van der Waals surface area contributed by atoms with Gasteiger partial charge in [-0.15, -0.1) is 0 Å². The van der Waals surface area contributed by atoms with Crippen molar-refractivity contribution in [2.24, 2.45) is 0 Å². The highest BCUT2D eigenvalue weighted by molar-refractivity contribution is 5.49. The summed E-state index contributed by atoms with van der Waals surface area (Å²) >= 11 is 0. The molecule has 1 aromatic carbocycles. The third-order valence-electron chi connectivity index (χ3n) is 3.40. The molecule has 1 N–H and O–H groups in total. The summed E-state index contributed by atoms with van der Waals surface area (Å²) in [6.45, 7) is 8.86. The van der Waals surface area contributed by atoms with Crippen molar-refractivity contribution in [2.45, 2.75) is 32.9 Å². The lowest BCUT2D eigenvalue weighted by molar-refractivity contribution is 0.404. The van der Waals surface area contributed by atoms with Gasteiger partial charge in [-0.05, 0) is 32.9 Å². The minimum Gasteiger partial charge on any atom is -0.366 e. The topological polar surface area (TPSA) is 15.3 Å². The highest BCUT2D eigenvalue weighted by Gasteiger charge is 2.23. The van der Waals surface area contributed by atoms with Crippen LogP contribution in [0.3, 0.4) is 0 Å². The Morgan fingerprint density at radius 1 is 1.20 bits per heavy atom.